The summed E-state index contributed by atoms with van der Waals surface area (Å²) in [5.74, 6) is -0.184. The van der Waals surface area contributed by atoms with Gasteiger partial charge in [-0.05, 0) is 64.3 Å². The van der Waals surface area contributed by atoms with Crippen LogP contribution in [0.1, 0.15) is 35.6 Å². The highest BCUT2D eigenvalue weighted by molar-refractivity contribution is 5.94. The molecule has 2 rings (SSSR count). The molecule has 0 aliphatic heterocycles. The zero-order valence-electron chi connectivity index (χ0n) is 18.2. The van der Waals surface area contributed by atoms with Crippen LogP contribution in [0.5, 0.6) is 0 Å². The Bertz CT molecular complexity index is 810. The molecular weight excluding hydrogens is 362 g/mol. The van der Waals surface area contributed by atoms with Gasteiger partial charge in [0.2, 0.25) is 11.8 Å². The first kappa shape index (κ1) is 22.6. The van der Waals surface area contributed by atoms with Crippen molar-refractivity contribution in [3.8, 4) is 0 Å². The van der Waals surface area contributed by atoms with Crippen LogP contribution in [0.2, 0.25) is 0 Å². The van der Waals surface area contributed by atoms with Gasteiger partial charge in [-0.1, -0.05) is 48.0 Å². The third kappa shape index (κ3) is 7.70. The Hall–Kier alpha value is -2.66. The van der Waals surface area contributed by atoms with Crippen molar-refractivity contribution >= 4 is 17.5 Å². The topological polar surface area (TPSA) is 61.4 Å². The highest BCUT2D eigenvalue weighted by Crippen LogP contribution is 2.21. The molecule has 29 heavy (non-hydrogen) atoms. The lowest BCUT2D eigenvalue weighted by Gasteiger charge is -2.19. The smallest absolute Gasteiger partial charge is 0.238 e. The molecular formula is C24H33N3O2. The Labute approximate surface area is 174 Å². The van der Waals surface area contributed by atoms with Crippen LogP contribution in [-0.2, 0) is 16.0 Å². The van der Waals surface area contributed by atoms with Crippen LogP contribution in [0.15, 0.2) is 42.5 Å². The number of likely N-dealkylation sites (N-methyl/N-ethyl adjacent to an activating group) is 1. The summed E-state index contributed by atoms with van der Waals surface area (Å²) in [6.07, 6.45) is 1.81. The number of nitrogens with zero attached hydrogens (tertiary/aromatic N) is 1. The maximum atomic E-state index is 12.4. The largest absolute Gasteiger partial charge is 0.353 e. The highest BCUT2D eigenvalue weighted by atomic mass is 16.2. The first-order chi connectivity index (χ1) is 13.7. The molecule has 2 aromatic rings. The third-order valence-corrected chi connectivity index (χ3v) is 4.88. The number of aryl methyl sites for hydroxylation is 4. The molecule has 5 nitrogen and oxygen atoms in total. The van der Waals surface area contributed by atoms with E-state index in [1.165, 1.54) is 11.1 Å². The van der Waals surface area contributed by atoms with Gasteiger partial charge in [-0.15, -0.1) is 0 Å². The fraction of sp³-hybridized carbons (Fsp3) is 0.417. The lowest BCUT2D eigenvalue weighted by Crippen LogP contribution is -2.42. The minimum atomic E-state index is -0.118. The van der Waals surface area contributed by atoms with Crippen molar-refractivity contribution in [1.82, 2.24) is 10.2 Å². The maximum Gasteiger partial charge on any atom is 0.238 e. The zero-order valence-corrected chi connectivity index (χ0v) is 18.2. The standard InChI is InChI=1S/C24H33N3O2/c1-17-13-18(2)24(19(3)14-17)26-23(29)16-27(5)15-22(28)25-20(4)11-12-21-9-7-6-8-10-21/h6-10,13-14,20H,11-12,15-16H2,1-5H3,(H,25,28)(H,26,29)/t20-/m0/s1. The Morgan fingerprint density at radius 2 is 1.55 bits per heavy atom. The Kier molecular flexibility index (Phi) is 8.40. The second-order valence-electron chi connectivity index (χ2n) is 7.99. The van der Waals surface area contributed by atoms with Gasteiger partial charge in [-0.3, -0.25) is 14.5 Å². The molecule has 2 amide bonds. The summed E-state index contributed by atoms with van der Waals surface area (Å²) in [6, 6.07) is 14.4. The van der Waals surface area contributed by atoms with Crippen LogP contribution in [0, 0.1) is 20.8 Å². The van der Waals surface area contributed by atoms with E-state index in [2.05, 4.69) is 34.9 Å². The fourth-order valence-corrected chi connectivity index (χ4v) is 3.52. The maximum absolute atomic E-state index is 12.4. The lowest BCUT2D eigenvalue weighted by atomic mass is 10.1. The van der Waals surface area contributed by atoms with Crippen LogP contribution in [0.4, 0.5) is 5.69 Å². The van der Waals surface area contributed by atoms with Gasteiger partial charge in [0.05, 0.1) is 13.1 Å². The molecule has 0 unspecified atom stereocenters. The average Bonchev–Trinajstić information content (AvgIpc) is 2.63. The molecule has 2 N–H and O–H groups in total. The fourth-order valence-electron chi connectivity index (χ4n) is 3.52. The molecule has 0 saturated carbocycles. The number of hydrogen-bond donors (Lipinski definition) is 2. The number of hydrogen-bond acceptors (Lipinski definition) is 3. The number of amides is 2. The summed E-state index contributed by atoms with van der Waals surface area (Å²) in [7, 11) is 1.78. The van der Waals surface area contributed by atoms with E-state index in [-0.39, 0.29) is 30.9 Å². The van der Waals surface area contributed by atoms with E-state index < -0.39 is 0 Å². The summed E-state index contributed by atoms with van der Waals surface area (Å²) in [5.41, 5.74) is 5.39. The molecule has 2 aromatic carbocycles. The van der Waals surface area contributed by atoms with Crippen molar-refractivity contribution in [2.24, 2.45) is 0 Å². The van der Waals surface area contributed by atoms with Gasteiger partial charge in [-0.25, -0.2) is 0 Å². The normalized spacial score (nSPS) is 11.9. The van der Waals surface area contributed by atoms with E-state index in [0.717, 1.165) is 29.7 Å². The third-order valence-electron chi connectivity index (χ3n) is 4.88. The average molecular weight is 396 g/mol. The number of carbonyl (C=O) groups excluding carboxylic acids is 2. The molecule has 5 heteroatoms. The minimum absolute atomic E-state index is 0.0661. The number of benzene rings is 2. The van der Waals surface area contributed by atoms with Gasteiger partial charge < -0.3 is 10.6 Å². The number of nitrogens with one attached hydrogen (secondary N) is 2. The zero-order chi connectivity index (χ0) is 21.4. The van der Waals surface area contributed by atoms with Crippen LogP contribution < -0.4 is 10.6 Å². The van der Waals surface area contributed by atoms with E-state index in [9.17, 15) is 9.59 Å². The van der Waals surface area contributed by atoms with Crippen LogP contribution in [-0.4, -0.2) is 42.9 Å². The molecule has 0 bridgehead atoms. The first-order valence-electron chi connectivity index (χ1n) is 10.1. The summed E-state index contributed by atoms with van der Waals surface area (Å²) in [5, 5.41) is 5.99. The predicted octanol–water partition coefficient (Wildman–Crippen LogP) is 3.62. The van der Waals surface area contributed by atoms with E-state index in [0.29, 0.717) is 0 Å². The van der Waals surface area contributed by atoms with Crippen LogP contribution in [0.25, 0.3) is 0 Å². The lowest BCUT2D eigenvalue weighted by molar-refractivity contribution is -0.123. The van der Waals surface area contributed by atoms with Gasteiger partial charge in [0.1, 0.15) is 0 Å². The second kappa shape index (κ2) is 10.8. The van der Waals surface area contributed by atoms with Gasteiger partial charge in [0.15, 0.2) is 0 Å². The van der Waals surface area contributed by atoms with E-state index in [1.54, 1.807) is 11.9 Å². The Balaban J connectivity index is 1.75. The summed E-state index contributed by atoms with van der Waals surface area (Å²) >= 11 is 0. The summed E-state index contributed by atoms with van der Waals surface area (Å²) in [6.45, 7) is 8.38. The first-order valence-corrected chi connectivity index (χ1v) is 10.1. The Morgan fingerprint density at radius 3 is 2.17 bits per heavy atom. The van der Waals surface area contributed by atoms with Crippen molar-refractivity contribution in [3.05, 3.63) is 64.7 Å². The van der Waals surface area contributed by atoms with Crippen molar-refractivity contribution in [2.75, 3.05) is 25.5 Å². The Morgan fingerprint density at radius 1 is 0.966 bits per heavy atom. The molecule has 156 valence electrons. The number of rotatable bonds is 9. The predicted molar refractivity (Wildman–Crippen MR) is 119 cm³/mol. The number of carbonyl (C=O) groups is 2. The van der Waals surface area contributed by atoms with Gasteiger partial charge >= 0.3 is 0 Å². The molecule has 0 radical (unpaired) electrons. The van der Waals surface area contributed by atoms with Gasteiger partial charge in [-0.2, -0.15) is 0 Å². The summed E-state index contributed by atoms with van der Waals surface area (Å²) < 4.78 is 0. The van der Waals surface area contributed by atoms with Crippen LogP contribution >= 0.6 is 0 Å². The minimum Gasteiger partial charge on any atom is -0.353 e. The quantitative estimate of drug-likeness (QED) is 0.682. The van der Waals surface area contributed by atoms with Crippen LogP contribution in [0.3, 0.4) is 0 Å². The van der Waals surface area contributed by atoms with Gasteiger partial charge in [0.25, 0.3) is 0 Å². The molecule has 0 aliphatic rings. The van der Waals surface area contributed by atoms with E-state index >= 15 is 0 Å². The number of anilines is 1. The SMILES string of the molecule is Cc1cc(C)c(NC(=O)CN(C)CC(=O)N[C@@H](C)CCc2ccccc2)c(C)c1. The molecule has 0 aliphatic carbocycles. The van der Waals surface area contributed by atoms with E-state index in [1.807, 2.05) is 45.9 Å². The summed E-state index contributed by atoms with van der Waals surface area (Å²) in [4.78, 5) is 26.4. The van der Waals surface area contributed by atoms with Crippen molar-refractivity contribution < 1.29 is 9.59 Å². The molecule has 0 fully saturated rings. The molecule has 0 heterocycles. The molecule has 0 saturated heterocycles. The van der Waals surface area contributed by atoms with Crippen molar-refractivity contribution in [1.29, 1.82) is 0 Å². The second-order valence-corrected chi connectivity index (χ2v) is 7.99. The van der Waals surface area contributed by atoms with Crippen molar-refractivity contribution in [3.63, 3.8) is 0 Å². The monoisotopic (exact) mass is 395 g/mol. The molecule has 0 aromatic heterocycles. The highest BCUT2D eigenvalue weighted by Gasteiger charge is 2.14. The molecule has 0 spiro atoms. The molecule has 1 atom stereocenters. The van der Waals surface area contributed by atoms with E-state index in [4.69, 9.17) is 0 Å². The van der Waals surface area contributed by atoms with Crippen molar-refractivity contribution in [2.45, 2.75) is 46.6 Å². The van der Waals surface area contributed by atoms with Gasteiger partial charge in [0, 0.05) is 11.7 Å².